The van der Waals surface area contributed by atoms with E-state index in [9.17, 15) is 10.1 Å². The molecular formula is C23H19Cl2N3O2. The summed E-state index contributed by atoms with van der Waals surface area (Å²) in [5.74, 6) is 0.164. The molecule has 0 atom stereocenters. The third-order valence-electron chi connectivity index (χ3n) is 4.45. The second-order valence-electron chi connectivity index (χ2n) is 6.66. The first kappa shape index (κ1) is 21.5. The molecule has 1 amide bonds. The summed E-state index contributed by atoms with van der Waals surface area (Å²) >= 11 is 12.1. The topological polar surface area (TPSA) is 67.0 Å². The normalized spacial score (nSPS) is 11.1. The largest absolute Gasteiger partial charge is 0.489 e. The Kier molecular flexibility index (Phi) is 6.83. The van der Waals surface area contributed by atoms with E-state index < -0.39 is 5.91 Å². The molecule has 0 unspecified atom stereocenters. The lowest BCUT2D eigenvalue weighted by atomic mass is 10.1. The Morgan fingerprint density at radius 1 is 1.10 bits per heavy atom. The lowest BCUT2D eigenvalue weighted by Crippen LogP contribution is -2.25. The van der Waals surface area contributed by atoms with Crippen LogP contribution in [0.1, 0.15) is 22.5 Å². The Morgan fingerprint density at radius 2 is 1.77 bits per heavy atom. The number of hydrogen-bond donors (Lipinski definition) is 1. The molecule has 0 saturated carbocycles. The maximum Gasteiger partial charge on any atom is 0.280 e. The number of halogens is 2. The lowest BCUT2D eigenvalue weighted by molar-refractivity contribution is -0.113. The molecule has 0 aliphatic heterocycles. The molecule has 5 nitrogen and oxygen atoms in total. The summed E-state index contributed by atoms with van der Waals surface area (Å²) in [6.07, 6.45) is 1.53. The summed E-state index contributed by atoms with van der Waals surface area (Å²) in [7, 11) is 0. The second kappa shape index (κ2) is 9.53. The Balaban J connectivity index is 1.67. The van der Waals surface area contributed by atoms with Crippen molar-refractivity contribution in [1.29, 1.82) is 5.26 Å². The number of carbonyl (C=O) groups is 1. The molecule has 3 aromatic rings. The van der Waals surface area contributed by atoms with Crippen molar-refractivity contribution < 1.29 is 9.53 Å². The third-order valence-corrected chi connectivity index (χ3v) is 5.04. The van der Waals surface area contributed by atoms with Gasteiger partial charge in [0.05, 0.1) is 0 Å². The van der Waals surface area contributed by atoms with Crippen LogP contribution in [0.4, 0.5) is 0 Å². The van der Waals surface area contributed by atoms with Gasteiger partial charge < -0.3 is 4.74 Å². The molecule has 0 bridgehead atoms. The van der Waals surface area contributed by atoms with Gasteiger partial charge in [0.15, 0.2) is 0 Å². The molecule has 2 aromatic carbocycles. The van der Waals surface area contributed by atoms with Crippen LogP contribution >= 0.6 is 23.2 Å². The van der Waals surface area contributed by atoms with E-state index in [4.69, 9.17) is 27.9 Å². The zero-order valence-corrected chi connectivity index (χ0v) is 18.0. The fourth-order valence-electron chi connectivity index (χ4n) is 2.78. The minimum atomic E-state index is -0.474. The highest BCUT2D eigenvalue weighted by molar-refractivity contribution is 6.35. The number of ether oxygens (including phenoxy) is 1. The molecule has 1 N–H and O–H groups in total. The standard InChI is InChI=1S/C23H19Cl2N3O2/c1-15-3-4-16(2)28(15)27-23(29)19(13-26)11-17-5-9-21(10-6-17)30-14-18-7-8-20(24)12-22(18)25/h3-12H,14H2,1-2H3,(H,27,29)/b19-11-. The summed E-state index contributed by atoms with van der Waals surface area (Å²) in [5, 5.41) is 10.5. The number of benzene rings is 2. The smallest absolute Gasteiger partial charge is 0.280 e. The first-order valence-electron chi connectivity index (χ1n) is 9.12. The van der Waals surface area contributed by atoms with E-state index in [0.29, 0.717) is 28.0 Å². The summed E-state index contributed by atoms with van der Waals surface area (Å²) < 4.78 is 7.39. The van der Waals surface area contributed by atoms with Gasteiger partial charge in [-0.05, 0) is 61.9 Å². The van der Waals surface area contributed by atoms with Crippen LogP contribution < -0.4 is 10.2 Å². The summed E-state index contributed by atoms with van der Waals surface area (Å²) in [6.45, 7) is 4.05. The summed E-state index contributed by atoms with van der Waals surface area (Å²) in [6, 6.07) is 18.0. The van der Waals surface area contributed by atoms with Crippen molar-refractivity contribution in [3.8, 4) is 11.8 Å². The molecule has 0 aliphatic carbocycles. The number of carbonyl (C=O) groups excluding carboxylic acids is 1. The highest BCUT2D eigenvalue weighted by Crippen LogP contribution is 2.23. The van der Waals surface area contributed by atoms with Gasteiger partial charge in [-0.2, -0.15) is 5.26 Å². The molecule has 0 saturated heterocycles. The van der Waals surface area contributed by atoms with Crippen LogP contribution in [0.5, 0.6) is 5.75 Å². The highest BCUT2D eigenvalue weighted by Gasteiger charge is 2.12. The number of nitriles is 1. The van der Waals surface area contributed by atoms with Crippen molar-refractivity contribution >= 4 is 35.2 Å². The molecule has 0 fully saturated rings. The predicted octanol–water partition coefficient (Wildman–Crippen LogP) is 5.67. The van der Waals surface area contributed by atoms with E-state index in [-0.39, 0.29) is 5.57 Å². The molecule has 152 valence electrons. The maximum atomic E-state index is 12.5. The Bertz CT molecular complexity index is 1120. The molecule has 0 radical (unpaired) electrons. The van der Waals surface area contributed by atoms with E-state index in [1.807, 2.05) is 38.1 Å². The number of nitrogens with one attached hydrogen (secondary N) is 1. The van der Waals surface area contributed by atoms with E-state index in [2.05, 4.69) is 5.43 Å². The van der Waals surface area contributed by atoms with Crippen molar-refractivity contribution in [1.82, 2.24) is 4.68 Å². The number of aromatic nitrogens is 1. The van der Waals surface area contributed by atoms with Gasteiger partial charge in [0.25, 0.3) is 5.91 Å². The van der Waals surface area contributed by atoms with Gasteiger partial charge in [0.2, 0.25) is 0 Å². The quantitative estimate of drug-likeness (QED) is 0.397. The van der Waals surface area contributed by atoms with Crippen LogP contribution in [-0.4, -0.2) is 10.6 Å². The van der Waals surface area contributed by atoms with Gasteiger partial charge in [0.1, 0.15) is 24.0 Å². The molecule has 7 heteroatoms. The predicted molar refractivity (Wildman–Crippen MR) is 119 cm³/mol. The Morgan fingerprint density at radius 3 is 2.37 bits per heavy atom. The van der Waals surface area contributed by atoms with Crippen LogP contribution in [0.25, 0.3) is 6.08 Å². The number of aryl methyl sites for hydroxylation is 2. The van der Waals surface area contributed by atoms with Crippen molar-refractivity contribution in [3.05, 3.63) is 92.7 Å². The number of nitrogens with zero attached hydrogens (tertiary/aromatic N) is 2. The van der Waals surface area contributed by atoms with E-state index >= 15 is 0 Å². The SMILES string of the molecule is Cc1ccc(C)n1NC(=O)/C(C#N)=C\c1ccc(OCc2ccc(Cl)cc2Cl)cc1. The third kappa shape index (κ3) is 5.24. The fourth-order valence-corrected chi connectivity index (χ4v) is 3.24. The zero-order valence-electron chi connectivity index (χ0n) is 16.4. The number of amides is 1. The van der Waals surface area contributed by atoms with Gasteiger partial charge in [-0.3, -0.25) is 14.9 Å². The van der Waals surface area contributed by atoms with Gasteiger partial charge >= 0.3 is 0 Å². The van der Waals surface area contributed by atoms with Gasteiger partial charge in [-0.25, -0.2) is 0 Å². The first-order chi connectivity index (χ1) is 14.4. The lowest BCUT2D eigenvalue weighted by Gasteiger charge is -2.11. The van der Waals surface area contributed by atoms with Crippen molar-refractivity contribution in [2.45, 2.75) is 20.5 Å². The zero-order chi connectivity index (χ0) is 21.7. The van der Waals surface area contributed by atoms with Crippen molar-refractivity contribution in [3.63, 3.8) is 0 Å². The van der Waals surface area contributed by atoms with E-state index in [1.54, 1.807) is 41.1 Å². The maximum absolute atomic E-state index is 12.5. The average molecular weight is 440 g/mol. The van der Waals surface area contributed by atoms with Crippen LogP contribution in [0, 0.1) is 25.2 Å². The molecular weight excluding hydrogens is 421 g/mol. The Labute approximate surface area is 185 Å². The van der Waals surface area contributed by atoms with Crippen molar-refractivity contribution in [2.24, 2.45) is 0 Å². The van der Waals surface area contributed by atoms with Gasteiger partial charge in [-0.1, -0.05) is 41.4 Å². The molecule has 1 aromatic heterocycles. The monoisotopic (exact) mass is 439 g/mol. The molecule has 30 heavy (non-hydrogen) atoms. The van der Waals surface area contributed by atoms with Crippen LogP contribution in [-0.2, 0) is 11.4 Å². The van der Waals surface area contributed by atoms with Crippen LogP contribution in [0.2, 0.25) is 10.0 Å². The molecule has 1 heterocycles. The Hall–Kier alpha value is -3.20. The minimum absolute atomic E-state index is 0.00381. The second-order valence-corrected chi connectivity index (χ2v) is 7.50. The van der Waals surface area contributed by atoms with Crippen molar-refractivity contribution in [2.75, 3.05) is 5.43 Å². The van der Waals surface area contributed by atoms with Crippen LogP contribution in [0.15, 0.2) is 60.2 Å². The average Bonchev–Trinajstić information content (AvgIpc) is 3.04. The number of rotatable bonds is 6. The van der Waals surface area contributed by atoms with Gasteiger partial charge in [-0.15, -0.1) is 0 Å². The molecule has 0 spiro atoms. The number of hydrogen-bond acceptors (Lipinski definition) is 3. The molecule has 0 aliphatic rings. The van der Waals surface area contributed by atoms with Crippen LogP contribution in [0.3, 0.4) is 0 Å². The fraction of sp³-hybridized carbons (Fsp3) is 0.130. The molecule has 3 rings (SSSR count). The summed E-state index contributed by atoms with van der Waals surface area (Å²) in [5.41, 5.74) is 6.01. The van der Waals surface area contributed by atoms with Gasteiger partial charge in [0, 0.05) is 27.0 Å². The first-order valence-corrected chi connectivity index (χ1v) is 9.88. The van der Waals surface area contributed by atoms with E-state index in [0.717, 1.165) is 17.0 Å². The van der Waals surface area contributed by atoms with E-state index in [1.165, 1.54) is 6.08 Å². The minimum Gasteiger partial charge on any atom is -0.489 e. The summed E-state index contributed by atoms with van der Waals surface area (Å²) in [4.78, 5) is 12.5. The highest BCUT2D eigenvalue weighted by atomic mass is 35.5.